The molecule has 3 nitrogen and oxygen atoms in total. The molecule has 0 radical (unpaired) electrons. The first-order valence-electron chi connectivity index (χ1n) is 5.47. The first-order valence-corrected chi connectivity index (χ1v) is 5.47. The normalized spacial score (nSPS) is 12.8. The van der Waals surface area contributed by atoms with Crippen LogP contribution in [0.1, 0.15) is 25.8 Å². The van der Waals surface area contributed by atoms with E-state index in [2.05, 4.69) is 0 Å². The number of phenolic OH excluding ortho intramolecular Hbond substituents is 1. The SMILES string of the molecule is CC(C)CC(=O)[C@H](O)Cc1ccc(O)cc1. The maximum atomic E-state index is 11.5. The van der Waals surface area contributed by atoms with Gasteiger partial charge in [-0.25, -0.2) is 0 Å². The maximum absolute atomic E-state index is 11.5. The Morgan fingerprint density at radius 1 is 1.25 bits per heavy atom. The van der Waals surface area contributed by atoms with Gasteiger partial charge in [0.2, 0.25) is 0 Å². The van der Waals surface area contributed by atoms with Crippen LogP contribution >= 0.6 is 0 Å². The van der Waals surface area contributed by atoms with Crippen LogP contribution in [0.25, 0.3) is 0 Å². The Kier molecular flexibility index (Phi) is 4.50. The fourth-order valence-corrected chi connectivity index (χ4v) is 1.51. The second-order valence-electron chi connectivity index (χ2n) is 4.45. The number of ketones is 1. The van der Waals surface area contributed by atoms with Gasteiger partial charge in [-0.2, -0.15) is 0 Å². The van der Waals surface area contributed by atoms with Crippen molar-refractivity contribution in [2.45, 2.75) is 32.8 Å². The van der Waals surface area contributed by atoms with Crippen LogP contribution in [0, 0.1) is 5.92 Å². The number of aromatic hydroxyl groups is 1. The van der Waals surface area contributed by atoms with Gasteiger partial charge in [0.15, 0.2) is 5.78 Å². The average Bonchev–Trinajstić information content (AvgIpc) is 2.20. The van der Waals surface area contributed by atoms with Crippen molar-refractivity contribution in [3.8, 4) is 5.75 Å². The number of phenols is 1. The molecule has 0 aliphatic heterocycles. The van der Waals surface area contributed by atoms with Crippen LogP contribution in [0.15, 0.2) is 24.3 Å². The first kappa shape index (κ1) is 12.7. The Balaban J connectivity index is 2.53. The summed E-state index contributed by atoms with van der Waals surface area (Å²) in [5, 5.41) is 18.8. The van der Waals surface area contributed by atoms with Gasteiger partial charge in [-0.05, 0) is 23.6 Å². The van der Waals surface area contributed by atoms with Crippen LogP contribution in [0.2, 0.25) is 0 Å². The summed E-state index contributed by atoms with van der Waals surface area (Å²) in [5.41, 5.74) is 0.849. The van der Waals surface area contributed by atoms with E-state index in [4.69, 9.17) is 5.11 Å². The fraction of sp³-hybridized carbons (Fsp3) is 0.462. The third kappa shape index (κ3) is 4.03. The number of carbonyl (C=O) groups is 1. The molecular weight excluding hydrogens is 204 g/mol. The van der Waals surface area contributed by atoms with Crippen LogP contribution in [0.5, 0.6) is 5.75 Å². The number of hydrogen-bond donors (Lipinski definition) is 2. The van der Waals surface area contributed by atoms with Crippen molar-refractivity contribution in [2.75, 3.05) is 0 Å². The first-order chi connectivity index (χ1) is 7.49. The van der Waals surface area contributed by atoms with Gasteiger partial charge in [0.05, 0.1) is 0 Å². The van der Waals surface area contributed by atoms with Crippen LogP contribution < -0.4 is 0 Å². The molecule has 0 aromatic heterocycles. The smallest absolute Gasteiger partial charge is 0.161 e. The Morgan fingerprint density at radius 2 is 1.81 bits per heavy atom. The number of carbonyl (C=O) groups excluding carboxylic acids is 1. The number of benzene rings is 1. The monoisotopic (exact) mass is 222 g/mol. The highest BCUT2D eigenvalue weighted by Gasteiger charge is 2.16. The minimum atomic E-state index is -0.938. The lowest BCUT2D eigenvalue weighted by Gasteiger charge is -2.11. The predicted molar refractivity (Wildman–Crippen MR) is 62.3 cm³/mol. The molecule has 1 rings (SSSR count). The van der Waals surface area contributed by atoms with Crippen molar-refractivity contribution in [3.63, 3.8) is 0 Å². The lowest BCUT2D eigenvalue weighted by atomic mass is 9.99. The second kappa shape index (κ2) is 5.66. The molecule has 0 aliphatic rings. The summed E-state index contributed by atoms with van der Waals surface area (Å²) in [6, 6.07) is 6.52. The van der Waals surface area contributed by atoms with Gasteiger partial charge in [0, 0.05) is 12.8 Å². The summed E-state index contributed by atoms with van der Waals surface area (Å²) in [6.07, 6.45) is -0.225. The zero-order chi connectivity index (χ0) is 12.1. The molecule has 0 bridgehead atoms. The highest BCUT2D eigenvalue weighted by atomic mass is 16.3. The number of aliphatic hydroxyl groups excluding tert-OH is 1. The van der Waals surface area contributed by atoms with E-state index in [-0.39, 0.29) is 17.5 Å². The Hall–Kier alpha value is -1.35. The highest BCUT2D eigenvalue weighted by molar-refractivity contribution is 5.83. The van der Waals surface area contributed by atoms with Crippen LogP contribution in [-0.2, 0) is 11.2 Å². The number of Topliss-reactive ketones (excluding diaryl/α,β-unsaturated/α-hetero) is 1. The predicted octanol–water partition coefficient (Wildman–Crippen LogP) is 1.91. The topological polar surface area (TPSA) is 57.5 Å². The van der Waals surface area contributed by atoms with Gasteiger partial charge in [-0.3, -0.25) is 4.79 Å². The van der Waals surface area contributed by atoms with E-state index < -0.39 is 6.10 Å². The molecule has 0 spiro atoms. The van der Waals surface area contributed by atoms with Gasteiger partial charge < -0.3 is 10.2 Å². The molecule has 0 saturated carbocycles. The summed E-state index contributed by atoms with van der Waals surface area (Å²) < 4.78 is 0. The molecule has 1 aromatic rings. The molecule has 1 aromatic carbocycles. The molecule has 3 heteroatoms. The minimum Gasteiger partial charge on any atom is -0.508 e. The molecule has 1 atom stereocenters. The van der Waals surface area contributed by atoms with Crippen LogP contribution in [-0.4, -0.2) is 22.1 Å². The zero-order valence-electron chi connectivity index (χ0n) is 9.68. The van der Waals surface area contributed by atoms with E-state index in [0.29, 0.717) is 12.8 Å². The Labute approximate surface area is 95.7 Å². The van der Waals surface area contributed by atoms with E-state index in [0.717, 1.165) is 5.56 Å². The molecule has 0 saturated heterocycles. The summed E-state index contributed by atoms with van der Waals surface area (Å²) >= 11 is 0. The van der Waals surface area contributed by atoms with E-state index in [1.165, 1.54) is 0 Å². The number of hydrogen-bond acceptors (Lipinski definition) is 3. The minimum absolute atomic E-state index is 0.122. The second-order valence-corrected chi connectivity index (χ2v) is 4.45. The standard InChI is InChI=1S/C13H18O3/c1-9(2)7-12(15)13(16)8-10-3-5-11(14)6-4-10/h3-6,9,13-14,16H,7-8H2,1-2H3/t13-/m1/s1. The zero-order valence-corrected chi connectivity index (χ0v) is 9.68. The Morgan fingerprint density at radius 3 is 2.31 bits per heavy atom. The van der Waals surface area contributed by atoms with Gasteiger partial charge in [0.1, 0.15) is 11.9 Å². The van der Waals surface area contributed by atoms with Gasteiger partial charge in [-0.15, -0.1) is 0 Å². The molecule has 0 aliphatic carbocycles. The lowest BCUT2D eigenvalue weighted by Crippen LogP contribution is -2.24. The maximum Gasteiger partial charge on any atom is 0.161 e. The largest absolute Gasteiger partial charge is 0.508 e. The van der Waals surface area contributed by atoms with Gasteiger partial charge in [-0.1, -0.05) is 26.0 Å². The summed E-state index contributed by atoms with van der Waals surface area (Å²) in [4.78, 5) is 11.5. The third-order valence-corrected chi connectivity index (χ3v) is 2.35. The van der Waals surface area contributed by atoms with Crippen molar-refractivity contribution in [2.24, 2.45) is 5.92 Å². The molecule has 88 valence electrons. The van der Waals surface area contributed by atoms with Crippen LogP contribution in [0.4, 0.5) is 0 Å². The van der Waals surface area contributed by atoms with E-state index >= 15 is 0 Å². The average molecular weight is 222 g/mol. The quantitative estimate of drug-likeness (QED) is 0.800. The van der Waals surface area contributed by atoms with Crippen molar-refractivity contribution < 1.29 is 15.0 Å². The lowest BCUT2D eigenvalue weighted by molar-refractivity contribution is -0.127. The van der Waals surface area contributed by atoms with Crippen molar-refractivity contribution in [1.29, 1.82) is 0 Å². The molecule has 2 N–H and O–H groups in total. The van der Waals surface area contributed by atoms with Gasteiger partial charge in [0.25, 0.3) is 0 Å². The van der Waals surface area contributed by atoms with E-state index in [1.807, 2.05) is 13.8 Å². The van der Waals surface area contributed by atoms with E-state index in [9.17, 15) is 9.90 Å². The molecule has 0 fully saturated rings. The molecule has 0 heterocycles. The number of rotatable bonds is 5. The van der Waals surface area contributed by atoms with Crippen molar-refractivity contribution in [1.82, 2.24) is 0 Å². The van der Waals surface area contributed by atoms with Gasteiger partial charge >= 0.3 is 0 Å². The highest BCUT2D eigenvalue weighted by Crippen LogP contribution is 2.13. The fourth-order valence-electron chi connectivity index (χ4n) is 1.51. The molecule has 0 unspecified atom stereocenters. The molecular formula is C13H18O3. The summed E-state index contributed by atoms with van der Waals surface area (Å²) in [7, 11) is 0. The molecule has 0 amide bonds. The Bertz CT molecular complexity index is 341. The summed E-state index contributed by atoms with van der Waals surface area (Å²) in [5.74, 6) is 0.330. The molecule has 16 heavy (non-hydrogen) atoms. The number of aliphatic hydroxyl groups is 1. The summed E-state index contributed by atoms with van der Waals surface area (Å²) in [6.45, 7) is 3.90. The van der Waals surface area contributed by atoms with Crippen molar-refractivity contribution in [3.05, 3.63) is 29.8 Å². The van der Waals surface area contributed by atoms with E-state index in [1.54, 1.807) is 24.3 Å². The van der Waals surface area contributed by atoms with Crippen molar-refractivity contribution >= 4 is 5.78 Å². The third-order valence-electron chi connectivity index (χ3n) is 2.35. The van der Waals surface area contributed by atoms with Crippen LogP contribution in [0.3, 0.4) is 0 Å².